The fraction of sp³-hybridized carbons (Fsp3) is 0.167. The van der Waals surface area contributed by atoms with E-state index in [2.05, 4.69) is 19.8 Å². The molecule has 0 bridgehead atoms. The van der Waals surface area contributed by atoms with Crippen LogP contribution in [0.3, 0.4) is 0 Å². The van der Waals surface area contributed by atoms with E-state index in [0.29, 0.717) is 28.5 Å². The lowest BCUT2D eigenvalue weighted by molar-refractivity contribution is -0.274. The number of nitrogens with zero attached hydrogens (tertiary/aromatic N) is 5. The van der Waals surface area contributed by atoms with Crippen molar-refractivity contribution in [3.05, 3.63) is 84.4 Å². The van der Waals surface area contributed by atoms with Crippen LogP contribution in [0.1, 0.15) is 24.4 Å². The molecule has 186 valence electrons. The number of anilines is 1. The maximum absolute atomic E-state index is 12.5. The summed E-state index contributed by atoms with van der Waals surface area (Å²) < 4.78 is 47.7. The lowest BCUT2D eigenvalue weighted by atomic mass is 10.2. The zero-order chi connectivity index (χ0) is 25.9. The quantitative estimate of drug-likeness (QED) is 0.223. The maximum Gasteiger partial charge on any atom is 0.573 e. The largest absolute Gasteiger partial charge is 0.573 e. The molecule has 0 aliphatic rings. The molecule has 1 amide bonds. The van der Waals surface area contributed by atoms with E-state index in [1.807, 2.05) is 19.1 Å². The number of alkyl halides is 3. The first-order valence-electron chi connectivity index (χ1n) is 10.7. The van der Waals surface area contributed by atoms with Crippen molar-refractivity contribution < 1.29 is 27.4 Å². The molecule has 36 heavy (non-hydrogen) atoms. The first-order valence-corrected chi connectivity index (χ1v) is 10.7. The highest BCUT2D eigenvalue weighted by Gasteiger charge is 2.31. The van der Waals surface area contributed by atoms with Crippen LogP contribution in [0.15, 0.2) is 73.1 Å². The molecule has 9 nitrogen and oxygen atoms in total. The van der Waals surface area contributed by atoms with E-state index in [0.717, 1.165) is 10.7 Å². The third-order valence-electron chi connectivity index (χ3n) is 5.03. The molecule has 0 saturated heterocycles. The molecule has 0 aliphatic heterocycles. The molecule has 2 N–H and O–H groups in total. The van der Waals surface area contributed by atoms with Crippen LogP contribution in [0.5, 0.6) is 5.75 Å². The van der Waals surface area contributed by atoms with E-state index >= 15 is 0 Å². The van der Waals surface area contributed by atoms with Gasteiger partial charge in [0.05, 0.1) is 17.1 Å². The van der Waals surface area contributed by atoms with Gasteiger partial charge in [-0.3, -0.25) is 4.98 Å². The predicted octanol–water partition coefficient (Wildman–Crippen LogP) is 5.11. The van der Waals surface area contributed by atoms with Gasteiger partial charge in [-0.15, -0.1) is 18.3 Å². The van der Waals surface area contributed by atoms with Crippen molar-refractivity contribution in [3.8, 4) is 22.8 Å². The minimum absolute atomic E-state index is 0.336. The van der Waals surface area contributed by atoms with Crippen LogP contribution in [0.4, 0.5) is 23.7 Å². The number of pyridine rings is 1. The third-order valence-corrected chi connectivity index (χ3v) is 5.03. The molecular weight excluding hydrogens is 477 g/mol. The van der Waals surface area contributed by atoms with Crippen molar-refractivity contribution >= 4 is 11.8 Å². The molecule has 2 heterocycles. The first-order chi connectivity index (χ1) is 17.1. The Morgan fingerprint density at radius 1 is 1.06 bits per heavy atom. The van der Waals surface area contributed by atoms with Crippen molar-refractivity contribution in [2.45, 2.75) is 26.3 Å². The number of hydrogen-bond donors (Lipinski definition) is 1. The fourth-order valence-electron chi connectivity index (χ4n) is 3.26. The molecule has 12 heteroatoms. The Kier molecular flexibility index (Phi) is 6.88. The Balaban J connectivity index is 1.41. The smallest absolute Gasteiger partial charge is 0.439 e. The zero-order valence-electron chi connectivity index (χ0n) is 19.2. The van der Waals surface area contributed by atoms with Crippen molar-refractivity contribution in [1.29, 1.82) is 0 Å². The number of rotatable bonds is 6. The number of benzene rings is 2. The Morgan fingerprint density at radius 3 is 2.39 bits per heavy atom. The van der Waals surface area contributed by atoms with Gasteiger partial charge in [0.2, 0.25) is 0 Å². The molecule has 4 rings (SSSR count). The van der Waals surface area contributed by atoms with Gasteiger partial charge >= 0.3 is 12.5 Å². The van der Waals surface area contributed by atoms with E-state index in [1.165, 1.54) is 35.3 Å². The normalized spacial score (nSPS) is 12.2. The number of carbonyl (C=O) groups excluding carboxylic acids is 1. The fourth-order valence-corrected chi connectivity index (χ4v) is 3.26. The third kappa shape index (κ3) is 5.96. The summed E-state index contributed by atoms with van der Waals surface area (Å²) >= 11 is 0. The molecule has 2 aromatic carbocycles. The summed E-state index contributed by atoms with van der Waals surface area (Å²) in [6.45, 7) is 3.55. The summed E-state index contributed by atoms with van der Waals surface area (Å²) in [5, 5.41) is 5.23. The van der Waals surface area contributed by atoms with Gasteiger partial charge in [0.25, 0.3) is 0 Å². The van der Waals surface area contributed by atoms with Crippen LogP contribution in [0, 0.1) is 6.92 Å². The molecule has 0 fully saturated rings. The first kappa shape index (κ1) is 24.7. The highest BCUT2D eigenvalue weighted by Crippen LogP contribution is 2.25. The van der Waals surface area contributed by atoms with E-state index in [-0.39, 0.29) is 5.75 Å². The second kappa shape index (κ2) is 10.0. The van der Waals surface area contributed by atoms with E-state index in [4.69, 9.17) is 10.6 Å². The van der Waals surface area contributed by atoms with E-state index < -0.39 is 18.6 Å². The summed E-state index contributed by atoms with van der Waals surface area (Å²) in [5.74, 6) is 5.96. The second-order valence-corrected chi connectivity index (χ2v) is 7.70. The number of halogens is 3. The van der Waals surface area contributed by atoms with Gasteiger partial charge in [-0.2, -0.15) is 0 Å². The number of nitrogens with two attached hydrogens (primary N) is 1. The monoisotopic (exact) mass is 498 g/mol. The molecule has 4 aromatic rings. The summed E-state index contributed by atoms with van der Waals surface area (Å²) in [7, 11) is 0. The maximum atomic E-state index is 12.5. The van der Waals surface area contributed by atoms with Crippen LogP contribution >= 0.6 is 0 Å². The lowest BCUT2D eigenvalue weighted by Gasteiger charge is -2.20. The van der Waals surface area contributed by atoms with E-state index in [1.54, 1.807) is 37.3 Å². The SMILES string of the molecule is Cc1cccc(C(C)OC(=O)N(N)c2ccc(-c3ncn(-c4ccc(OC(F)(F)F)cc4)n3)cc2)n1. The average Bonchev–Trinajstić information content (AvgIpc) is 3.33. The van der Waals surface area contributed by atoms with Crippen LogP contribution in [0.25, 0.3) is 17.1 Å². The summed E-state index contributed by atoms with van der Waals surface area (Å²) in [6.07, 6.45) is -4.68. The topological polar surface area (TPSA) is 108 Å². The Bertz CT molecular complexity index is 1340. The van der Waals surface area contributed by atoms with Crippen molar-refractivity contribution in [3.63, 3.8) is 0 Å². The van der Waals surface area contributed by atoms with Crippen molar-refractivity contribution in [2.24, 2.45) is 5.84 Å². The molecule has 1 atom stereocenters. The number of ether oxygens (including phenoxy) is 2. The van der Waals surface area contributed by atoms with Crippen molar-refractivity contribution in [1.82, 2.24) is 19.7 Å². The minimum Gasteiger partial charge on any atom is -0.439 e. The van der Waals surface area contributed by atoms with Gasteiger partial charge in [-0.25, -0.2) is 25.3 Å². The molecular formula is C24H21F3N6O3. The highest BCUT2D eigenvalue weighted by atomic mass is 19.4. The standard InChI is InChI=1S/C24H21F3N6O3/c1-15-4-3-5-21(30-15)16(2)35-23(34)33(28)19-8-6-17(7-9-19)22-29-14-32(31-22)18-10-12-20(13-11-18)36-24(25,26)27/h3-14,16H,28H2,1-2H3. The zero-order valence-corrected chi connectivity index (χ0v) is 19.2. The van der Waals surface area contributed by atoms with E-state index in [9.17, 15) is 18.0 Å². The Hall–Kier alpha value is -4.45. The van der Waals surface area contributed by atoms with Gasteiger partial charge in [-0.05, 0) is 74.5 Å². The van der Waals surface area contributed by atoms with Crippen LogP contribution in [-0.4, -0.2) is 32.2 Å². The average molecular weight is 498 g/mol. The molecule has 1 unspecified atom stereocenters. The minimum atomic E-state index is -4.76. The molecule has 0 aliphatic carbocycles. The molecule has 0 radical (unpaired) electrons. The number of aromatic nitrogens is 4. The van der Waals surface area contributed by atoms with Crippen LogP contribution < -0.4 is 15.6 Å². The number of hydrazine groups is 1. The van der Waals surface area contributed by atoms with Crippen LogP contribution in [0.2, 0.25) is 0 Å². The molecule has 0 spiro atoms. The summed E-state index contributed by atoms with van der Waals surface area (Å²) in [4.78, 5) is 21.1. The molecule has 0 saturated carbocycles. The number of aryl methyl sites for hydroxylation is 1. The Morgan fingerprint density at radius 2 is 1.75 bits per heavy atom. The van der Waals surface area contributed by atoms with Gasteiger partial charge in [0.15, 0.2) is 5.82 Å². The van der Waals surface area contributed by atoms with Gasteiger partial charge < -0.3 is 9.47 Å². The van der Waals surface area contributed by atoms with Crippen LogP contribution in [-0.2, 0) is 4.74 Å². The van der Waals surface area contributed by atoms with Gasteiger partial charge in [-0.1, -0.05) is 6.07 Å². The number of hydrogen-bond acceptors (Lipinski definition) is 7. The predicted molar refractivity (Wildman–Crippen MR) is 124 cm³/mol. The Labute approximate surface area is 203 Å². The second-order valence-electron chi connectivity index (χ2n) is 7.70. The number of amides is 1. The van der Waals surface area contributed by atoms with Gasteiger partial charge in [0.1, 0.15) is 18.2 Å². The summed E-state index contributed by atoms with van der Waals surface area (Å²) in [5.41, 5.74) is 2.92. The highest BCUT2D eigenvalue weighted by molar-refractivity contribution is 5.86. The van der Waals surface area contributed by atoms with Gasteiger partial charge in [0, 0.05) is 11.3 Å². The molecule has 2 aromatic heterocycles. The summed E-state index contributed by atoms with van der Waals surface area (Å²) in [6, 6.07) is 17.2. The van der Waals surface area contributed by atoms with Crippen molar-refractivity contribution in [2.75, 3.05) is 5.01 Å². The number of carbonyl (C=O) groups is 1. The lowest BCUT2D eigenvalue weighted by Crippen LogP contribution is -2.38.